The molecule has 60 valence electrons. The first-order valence-corrected chi connectivity index (χ1v) is 2.66. The molecule has 0 heterocycles. The van der Waals surface area contributed by atoms with E-state index < -0.39 is 5.09 Å². The number of amidine groups is 1. The van der Waals surface area contributed by atoms with Crippen molar-refractivity contribution in [3.8, 4) is 0 Å². The molecule has 0 aromatic heterocycles. The molecule has 0 aliphatic rings. The lowest BCUT2D eigenvalue weighted by molar-refractivity contribution is -0.742. The summed E-state index contributed by atoms with van der Waals surface area (Å²) < 4.78 is 0. The normalized spacial score (nSPS) is 7.30. The highest BCUT2D eigenvalue weighted by Crippen LogP contribution is 1.80. The predicted octanol–water partition coefficient (Wildman–Crippen LogP) is 0.375. The predicted molar refractivity (Wildman–Crippen MR) is 35.6 cm³/mol. The van der Waals surface area contributed by atoms with Gasteiger partial charge in [0.05, 0.1) is 5.84 Å². The summed E-state index contributed by atoms with van der Waals surface area (Å²) in [7, 11) is 0. The zero-order valence-corrected chi connectivity index (χ0v) is 5.70. The minimum Gasteiger partial charge on any atom is -0.388 e. The van der Waals surface area contributed by atoms with E-state index in [0.29, 0.717) is 0 Å². The Hall–Kier alpha value is -1.33. The van der Waals surface area contributed by atoms with Crippen LogP contribution in [0.25, 0.3) is 0 Å². The van der Waals surface area contributed by atoms with Crippen molar-refractivity contribution < 1.29 is 10.3 Å². The van der Waals surface area contributed by atoms with E-state index >= 15 is 0 Å². The SMILES string of the molecule is CCCC(=N)N.O=[N+]([O-])O. The van der Waals surface area contributed by atoms with Gasteiger partial charge in [-0.05, 0) is 6.42 Å². The Labute approximate surface area is 58.3 Å². The lowest BCUT2D eigenvalue weighted by Crippen LogP contribution is -2.07. The van der Waals surface area contributed by atoms with Crippen molar-refractivity contribution in [2.45, 2.75) is 19.8 Å². The van der Waals surface area contributed by atoms with Crippen molar-refractivity contribution in [3.05, 3.63) is 10.1 Å². The maximum absolute atomic E-state index is 8.36. The van der Waals surface area contributed by atoms with E-state index in [1.807, 2.05) is 6.92 Å². The van der Waals surface area contributed by atoms with Gasteiger partial charge in [-0.15, -0.1) is 10.1 Å². The number of rotatable bonds is 2. The van der Waals surface area contributed by atoms with E-state index in [9.17, 15) is 0 Å². The molecule has 0 aromatic rings. The molecule has 0 spiro atoms. The first-order chi connectivity index (χ1) is 4.50. The highest BCUT2D eigenvalue weighted by molar-refractivity contribution is 5.76. The molecular weight excluding hydrogens is 138 g/mol. The second kappa shape index (κ2) is 7.67. The van der Waals surface area contributed by atoms with Crippen LogP contribution in [-0.2, 0) is 0 Å². The van der Waals surface area contributed by atoms with E-state index in [-0.39, 0.29) is 5.84 Å². The molecule has 0 amide bonds. The molecule has 0 saturated heterocycles. The van der Waals surface area contributed by atoms with Crippen LogP contribution >= 0.6 is 0 Å². The zero-order valence-electron chi connectivity index (χ0n) is 5.70. The van der Waals surface area contributed by atoms with E-state index in [2.05, 4.69) is 0 Å². The fourth-order valence-electron chi connectivity index (χ4n) is 0.269. The molecule has 4 N–H and O–H groups in total. The molecular formula is C4H11N3O3. The van der Waals surface area contributed by atoms with Gasteiger partial charge in [0.15, 0.2) is 0 Å². The summed E-state index contributed by atoms with van der Waals surface area (Å²) in [5, 5.41) is 20.3. The maximum atomic E-state index is 8.36. The first kappa shape index (κ1) is 11.5. The van der Waals surface area contributed by atoms with Gasteiger partial charge in [0.1, 0.15) is 0 Å². The highest BCUT2D eigenvalue weighted by atomic mass is 16.9. The summed E-state index contributed by atoms with van der Waals surface area (Å²) in [5.41, 5.74) is 4.99. The summed E-state index contributed by atoms with van der Waals surface area (Å²) in [6.07, 6.45) is 1.72. The Morgan fingerprint density at radius 1 is 1.90 bits per heavy atom. The number of nitrogens with zero attached hydrogens (tertiary/aromatic N) is 1. The second-order valence-electron chi connectivity index (χ2n) is 1.51. The smallest absolute Gasteiger partial charge is 0.291 e. The minimum atomic E-state index is -1.50. The summed E-state index contributed by atoms with van der Waals surface area (Å²) >= 11 is 0. The van der Waals surface area contributed by atoms with Crippen LogP contribution < -0.4 is 5.73 Å². The topological polar surface area (TPSA) is 113 Å². The molecule has 0 atom stereocenters. The molecule has 0 fully saturated rings. The summed E-state index contributed by atoms with van der Waals surface area (Å²) in [5.74, 6) is 0.289. The third-order valence-electron chi connectivity index (χ3n) is 0.519. The molecule has 0 rings (SSSR count). The summed E-state index contributed by atoms with van der Waals surface area (Å²) in [4.78, 5) is 8.36. The molecule has 6 nitrogen and oxygen atoms in total. The van der Waals surface area contributed by atoms with E-state index in [1.165, 1.54) is 0 Å². The van der Waals surface area contributed by atoms with Gasteiger partial charge >= 0.3 is 0 Å². The quantitative estimate of drug-likeness (QED) is 0.228. The van der Waals surface area contributed by atoms with Crippen molar-refractivity contribution >= 4 is 5.84 Å². The molecule has 0 aromatic carbocycles. The van der Waals surface area contributed by atoms with Crippen molar-refractivity contribution in [1.82, 2.24) is 0 Å². The van der Waals surface area contributed by atoms with E-state index in [1.54, 1.807) is 0 Å². The third kappa shape index (κ3) is 76.9. The molecule has 0 aliphatic heterocycles. The van der Waals surface area contributed by atoms with Crippen molar-refractivity contribution in [2.24, 2.45) is 5.73 Å². The van der Waals surface area contributed by atoms with Gasteiger partial charge in [-0.25, -0.2) is 0 Å². The Kier molecular flexibility index (Phi) is 8.79. The Morgan fingerprint density at radius 3 is 2.20 bits per heavy atom. The number of nitrogens with one attached hydrogen (secondary N) is 1. The van der Waals surface area contributed by atoms with Crippen molar-refractivity contribution in [3.63, 3.8) is 0 Å². The van der Waals surface area contributed by atoms with Gasteiger partial charge in [0.2, 0.25) is 0 Å². The van der Waals surface area contributed by atoms with Gasteiger partial charge in [-0.3, -0.25) is 5.41 Å². The Balaban J connectivity index is 0. The Bertz CT molecular complexity index is 110. The van der Waals surface area contributed by atoms with E-state index in [0.717, 1.165) is 12.8 Å². The molecule has 10 heavy (non-hydrogen) atoms. The van der Waals surface area contributed by atoms with E-state index in [4.69, 9.17) is 26.5 Å². The monoisotopic (exact) mass is 149 g/mol. The molecule has 0 aliphatic carbocycles. The molecule has 6 heteroatoms. The van der Waals surface area contributed by atoms with Crippen LogP contribution in [0.4, 0.5) is 0 Å². The summed E-state index contributed by atoms with van der Waals surface area (Å²) in [6.45, 7) is 2.00. The molecule has 0 bridgehead atoms. The molecule has 0 radical (unpaired) electrons. The van der Waals surface area contributed by atoms with Gasteiger partial charge in [-0.2, -0.15) is 0 Å². The van der Waals surface area contributed by atoms with Crippen LogP contribution in [0.15, 0.2) is 0 Å². The highest BCUT2D eigenvalue weighted by Gasteiger charge is 1.79. The standard InChI is InChI=1S/C4H10N2.HNO3/c1-2-3-4(5)6;2-1(3)4/h2-3H2,1H3,(H3,5,6);(H,2,3,4). The van der Waals surface area contributed by atoms with Gasteiger partial charge in [0.25, 0.3) is 5.09 Å². The zero-order chi connectivity index (χ0) is 8.57. The summed E-state index contributed by atoms with van der Waals surface area (Å²) in [6, 6.07) is 0. The average molecular weight is 149 g/mol. The van der Waals surface area contributed by atoms with Crippen LogP contribution in [0.2, 0.25) is 0 Å². The minimum absolute atomic E-state index is 0.289. The molecule has 0 unspecified atom stereocenters. The molecule has 0 saturated carbocycles. The van der Waals surface area contributed by atoms with Crippen LogP contribution in [0.3, 0.4) is 0 Å². The third-order valence-corrected chi connectivity index (χ3v) is 0.519. The van der Waals surface area contributed by atoms with Gasteiger partial charge in [0, 0.05) is 6.42 Å². The van der Waals surface area contributed by atoms with Crippen LogP contribution in [0.5, 0.6) is 0 Å². The van der Waals surface area contributed by atoms with Gasteiger partial charge < -0.3 is 10.9 Å². The second-order valence-corrected chi connectivity index (χ2v) is 1.51. The lowest BCUT2D eigenvalue weighted by Gasteiger charge is -1.85. The van der Waals surface area contributed by atoms with Crippen LogP contribution in [0, 0.1) is 15.5 Å². The average Bonchev–Trinajstić information content (AvgIpc) is 1.62. The van der Waals surface area contributed by atoms with Crippen molar-refractivity contribution in [1.29, 1.82) is 5.41 Å². The maximum Gasteiger partial charge on any atom is 0.291 e. The van der Waals surface area contributed by atoms with Gasteiger partial charge in [-0.1, -0.05) is 6.92 Å². The first-order valence-electron chi connectivity index (χ1n) is 2.66. The fraction of sp³-hybridized carbons (Fsp3) is 0.750. The van der Waals surface area contributed by atoms with Crippen molar-refractivity contribution in [2.75, 3.05) is 0 Å². The lowest BCUT2D eigenvalue weighted by atomic mass is 10.3. The van der Waals surface area contributed by atoms with Crippen LogP contribution in [-0.4, -0.2) is 16.1 Å². The van der Waals surface area contributed by atoms with Crippen LogP contribution in [0.1, 0.15) is 19.8 Å². The number of hydrogen-bond donors (Lipinski definition) is 3. The Morgan fingerprint density at radius 2 is 2.20 bits per heavy atom. The largest absolute Gasteiger partial charge is 0.388 e. The number of hydrogen-bond acceptors (Lipinski definition) is 3. The fourth-order valence-corrected chi connectivity index (χ4v) is 0.269. The number of nitrogens with two attached hydrogens (primary N) is 1.